The maximum absolute atomic E-state index is 11.9. The first kappa shape index (κ1) is 10.8. The number of hydrogen-bond donors (Lipinski definition) is 3. The van der Waals surface area contributed by atoms with Gasteiger partial charge in [0.2, 0.25) is 0 Å². The van der Waals surface area contributed by atoms with Crippen LogP contribution in [0.1, 0.15) is 6.23 Å². The van der Waals surface area contributed by atoms with Crippen LogP contribution in [0.15, 0.2) is 9.59 Å². The summed E-state index contributed by atoms with van der Waals surface area (Å²) in [5.74, 6) is 0. The molecule has 10 nitrogen and oxygen atoms in total. The fourth-order valence-corrected chi connectivity index (χ4v) is 2.63. The van der Waals surface area contributed by atoms with E-state index >= 15 is 0 Å². The van der Waals surface area contributed by atoms with Gasteiger partial charge in [-0.2, -0.15) is 0 Å². The predicted octanol–water partition coefficient (Wildman–Crippen LogP) is -3.09. The van der Waals surface area contributed by atoms with Gasteiger partial charge in [0.05, 0.1) is 6.54 Å². The van der Waals surface area contributed by atoms with Crippen LogP contribution in [-0.2, 0) is 11.3 Å². The highest BCUT2D eigenvalue weighted by atomic mass is 16.6. The van der Waals surface area contributed by atoms with Crippen molar-refractivity contribution in [3.63, 3.8) is 0 Å². The van der Waals surface area contributed by atoms with Gasteiger partial charge in [0.15, 0.2) is 17.4 Å². The summed E-state index contributed by atoms with van der Waals surface area (Å²) in [4.78, 5) is 25.6. The lowest BCUT2D eigenvalue weighted by Gasteiger charge is -2.18. The summed E-state index contributed by atoms with van der Waals surface area (Å²) >= 11 is 0. The summed E-state index contributed by atoms with van der Waals surface area (Å²) in [5.41, 5.74) is -1.19. The SMILES string of the molecule is O=c1[nH]c(=O)n2c3c1nnn3CC1OC2[C@H](O)[C@@H]1O. The van der Waals surface area contributed by atoms with E-state index in [2.05, 4.69) is 15.3 Å². The fraction of sp³-hybridized carbons (Fsp3) is 0.556. The van der Waals surface area contributed by atoms with E-state index in [4.69, 9.17) is 4.74 Å². The molecule has 4 heterocycles. The minimum atomic E-state index is -1.25. The van der Waals surface area contributed by atoms with Gasteiger partial charge in [0, 0.05) is 0 Å². The molecule has 2 bridgehead atoms. The van der Waals surface area contributed by atoms with E-state index in [1.54, 1.807) is 0 Å². The zero-order valence-electron chi connectivity index (χ0n) is 9.42. The van der Waals surface area contributed by atoms with Crippen LogP contribution < -0.4 is 11.2 Å². The third-order valence-electron chi connectivity index (χ3n) is 3.54. The van der Waals surface area contributed by atoms with Crippen molar-refractivity contribution in [1.29, 1.82) is 0 Å². The average molecular weight is 267 g/mol. The van der Waals surface area contributed by atoms with Crippen LogP contribution in [-0.4, -0.2) is 53.1 Å². The molecule has 2 aromatic rings. The van der Waals surface area contributed by atoms with Crippen molar-refractivity contribution in [2.24, 2.45) is 0 Å². The smallest absolute Gasteiger partial charge is 0.332 e. The third kappa shape index (κ3) is 1.20. The summed E-state index contributed by atoms with van der Waals surface area (Å²) in [7, 11) is 0. The Labute approximate surface area is 103 Å². The second kappa shape index (κ2) is 3.29. The first-order valence-electron chi connectivity index (χ1n) is 5.67. The average Bonchev–Trinajstić information content (AvgIpc) is 2.82. The highest BCUT2D eigenvalue weighted by molar-refractivity contribution is 5.68. The number of hydrogen-bond acceptors (Lipinski definition) is 7. The minimum absolute atomic E-state index is 0.00237. The first-order valence-corrected chi connectivity index (χ1v) is 5.67. The van der Waals surface area contributed by atoms with E-state index in [1.165, 1.54) is 4.68 Å². The molecule has 0 saturated carbocycles. The Morgan fingerprint density at radius 1 is 1.32 bits per heavy atom. The van der Waals surface area contributed by atoms with Crippen LogP contribution in [0.5, 0.6) is 0 Å². The highest BCUT2D eigenvalue weighted by Gasteiger charge is 2.47. The van der Waals surface area contributed by atoms with Crippen LogP contribution in [0.3, 0.4) is 0 Å². The molecule has 4 rings (SSSR count). The van der Waals surface area contributed by atoms with Gasteiger partial charge in [0.25, 0.3) is 5.56 Å². The van der Waals surface area contributed by atoms with Gasteiger partial charge in [-0.05, 0) is 0 Å². The molecule has 2 unspecified atom stereocenters. The van der Waals surface area contributed by atoms with E-state index < -0.39 is 35.8 Å². The number of aliphatic hydroxyl groups excluding tert-OH is 2. The van der Waals surface area contributed by atoms with Gasteiger partial charge in [-0.3, -0.25) is 9.78 Å². The molecule has 0 amide bonds. The Balaban J connectivity index is 2.14. The number of fused-ring (bicyclic) bond motifs is 3. The van der Waals surface area contributed by atoms with Crippen LogP contribution >= 0.6 is 0 Å². The molecule has 0 aliphatic carbocycles. The Morgan fingerprint density at radius 3 is 2.89 bits per heavy atom. The quantitative estimate of drug-likeness (QED) is 0.460. The number of H-pyrrole nitrogens is 1. The molecule has 1 fully saturated rings. The molecule has 2 aliphatic heterocycles. The van der Waals surface area contributed by atoms with Crippen LogP contribution in [0.2, 0.25) is 0 Å². The Kier molecular flexibility index (Phi) is 1.88. The van der Waals surface area contributed by atoms with E-state index in [9.17, 15) is 19.8 Å². The Hall–Kier alpha value is -2.04. The van der Waals surface area contributed by atoms with Crippen molar-refractivity contribution in [3.8, 4) is 0 Å². The maximum atomic E-state index is 11.9. The van der Waals surface area contributed by atoms with Gasteiger partial charge >= 0.3 is 5.69 Å². The summed E-state index contributed by atoms with van der Waals surface area (Å²) in [6, 6.07) is 0. The van der Waals surface area contributed by atoms with Gasteiger partial charge in [-0.1, -0.05) is 5.21 Å². The lowest BCUT2D eigenvalue weighted by molar-refractivity contribution is -0.0358. The number of aliphatic hydroxyl groups is 2. The van der Waals surface area contributed by atoms with Gasteiger partial charge in [-0.15, -0.1) is 5.10 Å². The van der Waals surface area contributed by atoms with Crippen molar-refractivity contribution >= 4 is 11.2 Å². The normalized spacial score (nSPS) is 32.7. The fourth-order valence-electron chi connectivity index (χ4n) is 2.63. The van der Waals surface area contributed by atoms with Crippen molar-refractivity contribution in [2.45, 2.75) is 31.1 Å². The summed E-state index contributed by atoms with van der Waals surface area (Å²) in [6.07, 6.45) is -4.15. The molecule has 2 aromatic heterocycles. The van der Waals surface area contributed by atoms with Crippen LogP contribution in [0.4, 0.5) is 0 Å². The van der Waals surface area contributed by atoms with Gasteiger partial charge < -0.3 is 14.9 Å². The zero-order chi connectivity index (χ0) is 13.3. The molecule has 0 spiro atoms. The number of nitrogens with zero attached hydrogens (tertiary/aromatic N) is 4. The van der Waals surface area contributed by atoms with E-state index in [-0.39, 0.29) is 17.7 Å². The largest absolute Gasteiger partial charge is 0.387 e. The molecule has 0 radical (unpaired) electrons. The molecule has 10 heteroatoms. The standard InChI is InChI=1S/C9H9N5O5/c15-4-2-1-13-7-3(11-12-13)6(17)10-9(18)14(7)8(19-2)5(4)16/h2,4-5,8,15-16H,1H2,(H,10,17,18)/t2?,4-,5-,8?/m1/s1. The molecule has 1 saturated heterocycles. The second-order valence-electron chi connectivity index (χ2n) is 4.62. The molecular formula is C9H9N5O5. The minimum Gasteiger partial charge on any atom is -0.387 e. The highest BCUT2D eigenvalue weighted by Crippen LogP contribution is 2.33. The van der Waals surface area contributed by atoms with Crippen LogP contribution in [0.25, 0.3) is 11.2 Å². The molecular weight excluding hydrogens is 258 g/mol. The predicted molar refractivity (Wildman–Crippen MR) is 58.3 cm³/mol. The number of rotatable bonds is 0. The number of aromatic nitrogens is 5. The summed E-state index contributed by atoms with van der Waals surface area (Å²) in [6.45, 7) is 0.105. The molecule has 0 aromatic carbocycles. The molecule has 2 aliphatic rings. The van der Waals surface area contributed by atoms with Gasteiger partial charge in [0.1, 0.15) is 18.3 Å². The molecule has 19 heavy (non-hydrogen) atoms. The maximum Gasteiger partial charge on any atom is 0.332 e. The summed E-state index contributed by atoms with van der Waals surface area (Å²) < 4.78 is 7.84. The van der Waals surface area contributed by atoms with Crippen molar-refractivity contribution in [2.75, 3.05) is 0 Å². The van der Waals surface area contributed by atoms with Gasteiger partial charge in [-0.25, -0.2) is 14.0 Å². The van der Waals surface area contributed by atoms with Crippen molar-refractivity contribution < 1.29 is 14.9 Å². The van der Waals surface area contributed by atoms with E-state index in [0.717, 1.165) is 4.57 Å². The zero-order valence-corrected chi connectivity index (χ0v) is 9.42. The Morgan fingerprint density at radius 2 is 2.11 bits per heavy atom. The third-order valence-corrected chi connectivity index (χ3v) is 3.54. The molecule has 4 atom stereocenters. The van der Waals surface area contributed by atoms with Crippen molar-refractivity contribution in [1.82, 2.24) is 24.5 Å². The number of aromatic amines is 1. The molecule has 3 N–H and O–H groups in total. The number of nitrogens with one attached hydrogen (secondary N) is 1. The lowest BCUT2D eigenvalue weighted by Crippen LogP contribution is -2.40. The van der Waals surface area contributed by atoms with Crippen LogP contribution in [0, 0.1) is 0 Å². The first-order chi connectivity index (χ1) is 9.08. The lowest BCUT2D eigenvalue weighted by atomic mass is 10.1. The van der Waals surface area contributed by atoms with E-state index in [0.29, 0.717) is 0 Å². The summed E-state index contributed by atoms with van der Waals surface area (Å²) in [5, 5.41) is 27.2. The Bertz CT molecular complexity index is 790. The number of ether oxygens (including phenoxy) is 1. The van der Waals surface area contributed by atoms with Crippen molar-refractivity contribution in [3.05, 3.63) is 20.8 Å². The second-order valence-corrected chi connectivity index (χ2v) is 4.62. The monoisotopic (exact) mass is 267 g/mol. The van der Waals surface area contributed by atoms with E-state index in [1.807, 2.05) is 0 Å². The molecule has 100 valence electrons. The topological polar surface area (TPSA) is 135 Å².